The van der Waals surface area contributed by atoms with E-state index in [9.17, 15) is 0 Å². The van der Waals surface area contributed by atoms with Gasteiger partial charge in [0, 0.05) is 17.8 Å². The molecule has 0 aliphatic carbocycles. The number of nitrogens with zero attached hydrogens (tertiary/aromatic N) is 3. The lowest BCUT2D eigenvalue weighted by atomic mass is 10.2. The molecule has 7 heteroatoms. The summed E-state index contributed by atoms with van der Waals surface area (Å²) in [5, 5.41) is 10.5. The maximum absolute atomic E-state index is 6.18. The van der Waals surface area contributed by atoms with Crippen LogP contribution in [0.2, 0.25) is 10.0 Å². The van der Waals surface area contributed by atoms with E-state index in [0.29, 0.717) is 15.8 Å². The van der Waals surface area contributed by atoms with Crippen molar-refractivity contribution in [3.8, 4) is 5.75 Å². The fourth-order valence-electron chi connectivity index (χ4n) is 2.45. The van der Waals surface area contributed by atoms with Gasteiger partial charge in [0.15, 0.2) is 17.1 Å². The van der Waals surface area contributed by atoms with E-state index in [4.69, 9.17) is 27.9 Å². The van der Waals surface area contributed by atoms with Crippen LogP contribution in [0.3, 0.4) is 0 Å². The maximum Gasteiger partial charge on any atom is 0.191 e. The van der Waals surface area contributed by atoms with Crippen LogP contribution in [0.1, 0.15) is 30.0 Å². The van der Waals surface area contributed by atoms with Gasteiger partial charge in [-0.2, -0.15) is 0 Å². The Morgan fingerprint density at radius 2 is 1.85 bits per heavy atom. The molecule has 3 aromatic rings. The van der Waals surface area contributed by atoms with Crippen molar-refractivity contribution in [2.75, 3.05) is 0 Å². The van der Waals surface area contributed by atoms with Gasteiger partial charge in [0.25, 0.3) is 0 Å². The van der Waals surface area contributed by atoms with Crippen molar-refractivity contribution in [3.63, 3.8) is 0 Å². The Hall–Kier alpha value is -1.69. The number of rotatable bonds is 6. The molecule has 3 rings (SSSR count). The van der Waals surface area contributed by atoms with Crippen LogP contribution in [0.25, 0.3) is 0 Å². The molecule has 0 saturated heterocycles. The highest BCUT2D eigenvalue weighted by atomic mass is 35.5. The van der Waals surface area contributed by atoms with Crippen LogP contribution < -0.4 is 4.74 Å². The van der Waals surface area contributed by atoms with Gasteiger partial charge in [0.2, 0.25) is 0 Å². The number of hydrogen-bond acceptors (Lipinski definition) is 4. The summed E-state index contributed by atoms with van der Waals surface area (Å²) in [5.41, 5.74) is 2.51. The van der Waals surface area contributed by atoms with Crippen LogP contribution in [-0.4, -0.2) is 14.8 Å². The molecule has 1 unspecified atom stereocenters. The summed E-state index contributed by atoms with van der Waals surface area (Å²) in [6, 6.07) is 13.7. The van der Waals surface area contributed by atoms with Crippen molar-refractivity contribution in [2.24, 2.45) is 7.05 Å². The summed E-state index contributed by atoms with van der Waals surface area (Å²) < 4.78 is 7.88. The fourth-order valence-corrected chi connectivity index (χ4v) is 3.78. The summed E-state index contributed by atoms with van der Waals surface area (Å²) in [7, 11) is 1.94. The quantitative estimate of drug-likeness (QED) is 0.479. The minimum Gasteiger partial charge on any atom is -0.481 e. The van der Waals surface area contributed by atoms with Crippen molar-refractivity contribution in [1.82, 2.24) is 14.8 Å². The first-order valence-electron chi connectivity index (χ1n) is 8.13. The summed E-state index contributed by atoms with van der Waals surface area (Å²) in [6.07, 6.45) is -0.292. The number of aryl methyl sites for hydroxylation is 1. The first-order chi connectivity index (χ1) is 12.4. The fraction of sp³-hybridized carbons (Fsp3) is 0.263. The van der Waals surface area contributed by atoms with Crippen LogP contribution in [0.4, 0.5) is 0 Å². The predicted molar refractivity (Wildman–Crippen MR) is 107 cm³/mol. The third-order valence-corrected chi connectivity index (χ3v) is 5.54. The molecule has 0 bridgehead atoms. The molecular weight excluding hydrogens is 389 g/mol. The standard InChI is InChI=1S/C19H19Cl2N3OS/c1-12-4-6-14(7-5-12)11-26-19-23-22-18(24(19)3)13(2)25-17-9-8-15(20)10-16(17)21/h4-10,13H,11H2,1-3H3. The molecule has 1 heterocycles. The van der Waals surface area contributed by atoms with Gasteiger partial charge in [-0.05, 0) is 37.6 Å². The van der Waals surface area contributed by atoms with Crippen molar-refractivity contribution < 1.29 is 4.74 Å². The average molecular weight is 408 g/mol. The second-order valence-electron chi connectivity index (χ2n) is 6.01. The Labute approximate surface area is 167 Å². The molecule has 0 amide bonds. The van der Waals surface area contributed by atoms with Gasteiger partial charge in [-0.1, -0.05) is 64.8 Å². The third kappa shape index (κ3) is 4.53. The van der Waals surface area contributed by atoms with Crippen molar-refractivity contribution in [1.29, 1.82) is 0 Å². The van der Waals surface area contributed by atoms with Crippen molar-refractivity contribution in [3.05, 3.63) is 69.5 Å². The van der Waals surface area contributed by atoms with Gasteiger partial charge in [0.1, 0.15) is 5.75 Å². The molecule has 1 aromatic heterocycles. The zero-order valence-electron chi connectivity index (χ0n) is 14.7. The summed E-state index contributed by atoms with van der Waals surface area (Å²) in [5.74, 6) is 2.15. The Balaban J connectivity index is 1.68. The van der Waals surface area contributed by atoms with Gasteiger partial charge >= 0.3 is 0 Å². The topological polar surface area (TPSA) is 39.9 Å². The number of hydrogen-bond donors (Lipinski definition) is 0. The molecule has 4 nitrogen and oxygen atoms in total. The van der Waals surface area contributed by atoms with E-state index in [1.54, 1.807) is 30.0 Å². The Morgan fingerprint density at radius 1 is 1.12 bits per heavy atom. The lowest BCUT2D eigenvalue weighted by Crippen LogP contribution is -2.10. The van der Waals surface area contributed by atoms with Crippen LogP contribution in [0, 0.1) is 6.92 Å². The maximum atomic E-state index is 6.18. The smallest absolute Gasteiger partial charge is 0.191 e. The molecule has 136 valence electrons. The molecular formula is C19H19Cl2N3OS. The number of ether oxygens (including phenoxy) is 1. The second-order valence-corrected chi connectivity index (χ2v) is 7.80. The highest BCUT2D eigenvalue weighted by molar-refractivity contribution is 7.98. The highest BCUT2D eigenvalue weighted by Gasteiger charge is 2.18. The van der Waals surface area contributed by atoms with E-state index in [1.165, 1.54) is 11.1 Å². The SMILES string of the molecule is Cc1ccc(CSc2nnc(C(C)Oc3ccc(Cl)cc3Cl)n2C)cc1. The first kappa shape index (κ1) is 19.1. The highest BCUT2D eigenvalue weighted by Crippen LogP contribution is 2.31. The van der Waals surface area contributed by atoms with Crippen LogP contribution in [0.5, 0.6) is 5.75 Å². The zero-order chi connectivity index (χ0) is 18.7. The normalized spacial score (nSPS) is 12.2. The van der Waals surface area contributed by atoms with E-state index in [0.717, 1.165) is 16.7 Å². The number of benzene rings is 2. The lowest BCUT2D eigenvalue weighted by molar-refractivity contribution is 0.211. The molecule has 0 saturated carbocycles. The zero-order valence-corrected chi connectivity index (χ0v) is 17.1. The number of aromatic nitrogens is 3. The molecule has 26 heavy (non-hydrogen) atoms. The van der Waals surface area contributed by atoms with Crippen LogP contribution in [-0.2, 0) is 12.8 Å². The van der Waals surface area contributed by atoms with Crippen molar-refractivity contribution >= 4 is 35.0 Å². The van der Waals surface area contributed by atoms with Gasteiger partial charge in [0.05, 0.1) is 5.02 Å². The number of thioether (sulfide) groups is 1. The third-order valence-electron chi connectivity index (χ3n) is 3.92. The summed E-state index contributed by atoms with van der Waals surface area (Å²) >= 11 is 13.7. The molecule has 0 radical (unpaired) electrons. The Morgan fingerprint density at radius 3 is 2.54 bits per heavy atom. The minimum atomic E-state index is -0.292. The van der Waals surface area contributed by atoms with Crippen LogP contribution in [0.15, 0.2) is 47.6 Å². The van der Waals surface area contributed by atoms with Gasteiger partial charge in [-0.3, -0.25) is 0 Å². The number of halogens is 2. The monoisotopic (exact) mass is 407 g/mol. The Bertz CT molecular complexity index is 896. The van der Waals surface area contributed by atoms with E-state index in [1.807, 2.05) is 18.5 Å². The van der Waals surface area contributed by atoms with E-state index >= 15 is 0 Å². The van der Waals surface area contributed by atoms with Crippen molar-refractivity contribution in [2.45, 2.75) is 30.9 Å². The average Bonchev–Trinajstić information content (AvgIpc) is 2.98. The van der Waals surface area contributed by atoms with E-state index < -0.39 is 0 Å². The molecule has 2 aromatic carbocycles. The molecule has 0 fully saturated rings. The second kappa shape index (κ2) is 8.33. The molecule has 0 spiro atoms. The largest absolute Gasteiger partial charge is 0.481 e. The van der Waals surface area contributed by atoms with Gasteiger partial charge in [-0.15, -0.1) is 10.2 Å². The van der Waals surface area contributed by atoms with E-state index in [-0.39, 0.29) is 6.10 Å². The van der Waals surface area contributed by atoms with Gasteiger partial charge < -0.3 is 9.30 Å². The first-order valence-corrected chi connectivity index (χ1v) is 9.87. The van der Waals surface area contributed by atoms with Crippen LogP contribution >= 0.6 is 35.0 Å². The lowest BCUT2D eigenvalue weighted by Gasteiger charge is -2.15. The summed E-state index contributed by atoms with van der Waals surface area (Å²) in [4.78, 5) is 0. The molecule has 0 aliphatic rings. The molecule has 0 aliphatic heterocycles. The molecule has 1 atom stereocenters. The predicted octanol–water partition coefficient (Wildman–Crippen LogP) is 5.86. The van der Waals surface area contributed by atoms with E-state index in [2.05, 4.69) is 41.4 Å². The Kier molecular flexibility index (Phi) is 6.12. The minimum absolute atomic E-state index is 0.292. The molecule has 0 N–H and O–H groups in total. The summed E-state index contributed by atoms with van der Waals surface area (Å²) in [6.45, 7) is 4.00. The van der Waals surface area contributed by atoms with Gasteiger partial charge in [-0.25, -0.2) is 0 Å².